The minimum Gasteiger partial charge on any atom is -0.481 e. The van der Waals surface area contributed by atoms with Gasteiger partial charge in [-0.05, 0) is 68.7 Å². The number of aromatic nitrogens is 1. The van der Waals surface area contributed by atoms with Crippen LogP contribution in [0.4, 0.5) is 5.82 Å². The number of anilines is 1. The summed E-state index contributed by atoms with van der Waals surface area (Å²) in [6.07, 6.45) is 10.3. The first-order chi connectivity index (χ1) is 15.0. The molecule has 1 aromatic heterocycles. The number of pyridine rings is 1. The lowest BCUT2D eigenvalue weighted by atomic mass is 9.81. The molecular weight excluding hydrogens is 410 g/mol. The van der Waals surface area contributed by atoms with Gasteiger partial charge < -0.3 is 15.3 Å². The third kappa shape index (κ3) is 5.02. The maximum atomic E-state index is 13.0. The third-order valence-electron chi connectivity index (χ3n) is 7.29. The van der Waals surface area contributed by atoms with Crippen LogP contribution in [0.1, 0.15) is 81.5 Å². The van der Waals surface area contributed by atoms with Gasteiger partial charge in [-0.1, -0.05) is 26.2 Å². The first-order valence-corrected chi connectivity index (χ1v) is 12.9. The maximum absolute atomic E-state index is 13.0. The highest BCUT2D eigenvalue weighted by molar-refractivity contribution is 7.99. The molecule has 2 N–H and O–H groups in total. The van der Waals surface area contributed by atoms with Gasteiger partial charge in [0.2, 0.25) is 0 Å². The van der Waals surface area contributed by atoms with Crippen LogP contribution in [-0.4, -0.2) is 46.9 Å². The Morgan fingerprint density at radius 1 is 1.16 bits per heavy atom. The Hall–Kier alpha value is -1.76. The predicted molar refractivity (Wildman–Crippen MR) is 124 cm³/mol. The summed E-state index contributed by atoms with van der Waals surface area (Å²) in [5.41, 5.74) is 0.230. The number of carboxylic acids is 1. The van der Waals surface area contributed by atoms with E-state index in [0.717, 1.165) is 74.6 Å². The van der Waals surface area contributed by atoms with E-state index >= 15 is 0 Å². The molecule has 3 fully saturated rings. The fourth-order valence-electron chi connectivity index (χ4n) is 5.19. The van der Waals surface area contributed by atoms with Gasteiger partial charge in [-0.15, -0.1) is 11.8 Å². The predicted octanol–water partition coefficient (Wildman–Crippen LogP) is 4.73. The molecule has 1 saturated heterocycles. The molecule has 0 radical (unpaired) electrons. The van der Waals surface area contributed by atoms with Gasteiger partial charge in [0.05, 0.1) is 11.0 Å². The number of piperidine rings is 1. The fourth-order valence-corrected chi connectivity index (χ4v) is 6.06. The van der Waals surface area contributed by atoms with Crippen molar-refractivity contribution in [2.24, 2.45) is 11.3 Å². The first-order valence-electron chi connectivity index (χ1n) is 12.0. The van der Waals surface area contributed by atoms with E-state index in [1.807, 2.05) is 12.1 Å². The molecule has 1 aliphatic heterocycles. The number of hydrogen-bond acceptors (Lipinski definition) is 5. The topological polar surface area (TPSA) is 82.5 Å². The van der Waals surface area contributed by atoms with Crippen LogP contribution in [0.2, 0.25) is 0 Å². The number of nitrogens with one attached hydrogen (secondary N) is 1. The van der Waals surface area contributed by atoms with Gasteiger partial charge in [-0.2, -0.15) is 0 Å². The van der Waals surface area contributed by atoms with Crippen LogP contribution in [-0.2, 0) is 4.79 Å². The van der Waals surface area contributed by atoms with E-state index in [2.05, 4.69) is 17.1 Å². The van der Waals surface area contributed by atoms with Crippen LogP contribution in [0.25, 0.3) is 0 Å². The maximum Gasteiger partial charge on any atom is 0.309 e. The van der Waals surface area contributed by atoms with Crippen molar-refractivity contribution in [2.75, 3.05) is 23.7 Å². The van der Waals surface area contributed by atoms with Gasteiger partial charge in [0.1, 0.15) is 10.8 Å². The van der Waals surface area contributed by atoms with Gasteiger partial charge in [-0.3, -0.25) is 9.59 Å². The summed E-state index contributed by atoms with van der Waals surface area (Å²) in [5.74, 6) is 1.50. The van der Waals surface area contributed by atoms with Crippen molar-refractivity contribution >= 4 is 29.5 Å². The van der Waals surface area contributed by atoms with Crippen LogP contribution in [0.5, 0.6) is 0 Å². The SMILES string of the molecule is CCCSc1nc(N2CCC(C3(C(=O)O)CC3)CC2)ccc1C(=O)NC1CCCCC1. The van der Waals surface area contributed by atoms with E-state index in [1.165, 1.54) is 19.3 Å². The molecule has 1 amide bonds. The molecule has 31 heavy (non-hydrogen) atoms. The van der Waals surface area contributed by atoms with E-state index in [9.17, 15) is 14.7 Å². The summed E-state index contributed by atoms with van der Waals surface area (Å²) in [6.45, 7) is 3.80. The van der Waals surface area contributed by atoms with Gasteiger partial charge >= 0.3 is 5.97 Å². The number of hydrogen-bond donors (Lipinski definition) is 2. The molecule has 3 aliphatic rings. The molecule has 0 atom stereocenters. The van der Waals surface area contributed by atoms with Crippen molar-refractivity contribution in [2.45, 2.75) is 82.2 Å². The molecule has 0 bridgehead atoms. The van der Waals surface area contributed by atoms with Crippen LogP contribution in [0.3, 0.4) is 0 Å². The Labute approximate surface area is 189 Å². The fraction of sp³-hybridized carbons (Fsp3) is 0.708. The summed E-state index contributed by atoms with van der Waals surface area (Å²) in [7, 11) is 0. The van der Waals surface area contributed by atoms with Gasteiger partial charge in [0.25, 0.3) is 5.91 Å². The molecule has 170 valence electrons. The van der Waals surface area contributed by atoms with Crippen molar-refractivity contribution in [1.82, 2.24) is 10.3 Å². The van der Waals surface area contributed by atoms with Crippen molar-refractivity contribution in [1.29, 1.82) is 0 Å². The van der Waals surface area contributed by atoms with Crippen LogP contribution in [0, 0.1) is 11.3 Å². The number of amides is 1. The second-order valence-electron chi connectivity index (χ2n) is 9.40. The molecule has 0 spiro atoms. The Morgan fingerprint density at radius 2 is 1.87 bits per heavy atom. The van der Waals surface area contributed by atoms with Crippen molar-refractivity contribution in [3.05, 3.63) is 17.7 Å². The first kappa shape index (κ1) is 22.4. The quantitative estimate of drug-likeness (QED) is 0.563. The lowest BCUT2D eigenvalue weighted by Crippen LogP contribution is -2.39. The monoisotopic (exact) mass is 445 g/mol. The zero-order valence-electron chi connectivity index (χ0n) is 18.6. The standard InChI is InChI=1S/C24H35N3O3S/c1-2-16-31-22-19(21(28)25-18-6-4-3-5-7-18)8-9-20(26-22)27-14-10-17(11-15-27)24(12-13-24)23(29)30/h8-9,17-18H,2-7,10-16H2,1H3,(H,25,28)(H,29,30). The van der Waals surface area contributed by atoms with Crippen LogP contribution in [0.15, 0.2) is 17.2 Å². The molecule has 7 heteroatoms. The molecule has 0 aromatic carbocycles. The number of carbonyl (C=O) groups excluding carboxylic acids is 1. The molecule has 2 heterocycles. The molecule has 2 aliphatic carbocycles. The number of carbonyl (C=O) groups is 2. The van der Waals surface area contributed by atoms with Crippen LogP contribution < -0.4 is 10.2 Å². The Kier molecular flexibility index (Phi) is 7.09. The van der Waals surface area contributed by atoms with Gasteiger partial charge in [0, 0.05) is 19.1 Å². The number of thioether (sulfide) groups is 1. The molecule has 1 aromatic rings. The lowest BCUT2D eigenvalue weighted by molar-refractivity contribution is -0.146. The van der Waals surface area contributed by atoms with Crippen molar-refractivity contribution in [3.63, 3.8) is 0 Å². The van der Waals surface area contributed by atoms with E-state index in [0.29, 0.717) is 5.56 Å². The zero-order valence-corrected chi connectivity index (χ0v) is 19.4. The van der Waals surface area contributed by atoms with Gasteiger partial charge in [0.15, 0.2) is 0 Å². The molecule has 0 unspecified atom stereocenters. The summed E-state index contributed by atoms with van der Waals surface area (Å²) < 4.78 is 0. The second kappa shape index (κ2) is 9.80. The van der Waals surface area contributed by atoms with Crippen LogP contribution >= 0.6 is 11.8 Å². The zero-order chi connectivity index (χ0) is 21.8. The van der Waals surface area contributed by atoms with Gasteiger partial charge in [-0.25, -0.2) is 4.98 Å². The normalized spacial score (nSPS) is 21.6. The Morgan fingerprint density at radius 3 is 2.48 bits per heavy atom. The summed E-state index contributed by atoms with van der Waals surface area (Å²) in [4.78, 5) is 31.8. The number of nitrogens with zero attached hydrogens (tertiary/aromatic N) is 2. The Bertz CT molecular complexity index is 797. The van der Waals surface area contributed by atoms with E-state index in [-0.39, 0.29) is 17.9 Å². The largest absolute Gasteiger partial charge is 0.481 e. The smallest absolute Gasteiger partial charge is 0.309 e. The molecule has 2 saturated carbocycles. The number of rotatable bonds is 8. The molecule has 6 nitrogen and oxygen atoms in total. The number of aliphatic carboxylic acids is 1. The molecular formula is C24H35N3O3S. The Balaban J connectivity index is 1.44. The van der Waals surface area contributed by atoms with E-state index in [4.69, 9.17) is 4.98 Å². The summed E-state index contributed by atoms with van der Waals surface area (Å²) in [6, 6.07) is 4.19. The minimum atomic E-state index is -0.615. The lowest BCUT2D eigenvalue weighted by Gasteiger charge is -2.35. The van der Waals surface area contributed by atoms with Crippen molar-refractivity contribution in [3.8, 4) is 0 Å². The number of carboxylic acid groups (broad SMARTS) is 1. The molecule has 4 rings (SSSR count). The summed E-state index contributed by atoms with van der Waals surface area (Å²) >= 11 is 1.66. The average molecular weight is 446 g/mol. The van der Waals surface area contributed by atoms with E-state index in [1.54, 1.807) is 11.8 Å². The highest BCUT2D eigenvalue weighted by Crippen LogP contribution is 2.55. The summed E-state index contributed by atoms with van der Waals surface area (Å²) in [5, 5.41) is 13.6. The third-order valence-corrected chi connectivity index (χ3v) is 8.49. The highest BCUT2D eigenvalue weighted by atomic mass is 32.2. The average Bonchev–Trinajstić information content (AvgIpc) is 3.61. The second-order valence-corrected chi connectivity index (χ2v) is 10.5. The van der Waals surface area contributed by atoms with E-state index < -0.39 is 11.4 Å². The van der Waals surface area contributed by atoms with Crippen molar-refractivity contribution < 1.29 is 14.7 Å². The highest BCUT2D eigenvalue weighted by Gasteiger charge is 2.56. The minimum absolute atomic E-state index is 0.000365.